The number of nitrogens with two attached hydrogens (primary N) is 1. The van der Waals surface area contributed by atoms with Crippen LogP contribution < -0.4 is 5.73 Å². The van der Waals surface area contributed by atoms with Crippen molar-refractivity contribution in [1.29, 1.82) is 0 Å². The summed E-state index contributed by atoms with van der Waals surface area (Å²) in [7, 11) is 0. The molecule has 4 nitrogen and oxygen atoms in total. The molecule has 1 aromatic rings. The monoisotopic (exact) mass is 335 g/mol. The molecule has 0 heterocycles. The Kier molecular flexibility index (Phi) is 17.3. The number of amidine groups is 1. The molecule has 0 aromatic heterocycles. The van der Waals surface area contributed by atoms with Gasteiger partial charge in [0.05, 0.1) is 6.21 Å². The van der Waals surface area contributed by atoms with Gasteiger partial charge < -0.3 is 18.4 Å². The van der Waals surface area contributed by atoms with Gasteiger partial charge in [-0.1, -0.05) is 18.2 Å². The Balaban J connectivity index is -0.000000464. The van der Waals surface area contributed by atoms with E-state index in [1.165, 1.54) is 12.3 Å². The zero-order valence-corrected chi connectivity index (χ0v) is 12.2. The van der Waals surface area contributed by atoms with Crippen LogP contribution in [0, 0.1) is 5.82 Å². The Bertz CT molecular complexity index is 378. The number of hydrogen-bond acceptors (Lipinski definition) is 4. The van der Waals surface area contributed by atoms with Crippen LogP contribution in [-0.4, -0.2) is 11.4 Å². The first-order chi connectivity index (χ1) is 7.20. The normalized spacial score (nSPS) is 9.53. The molecule has 1 rings (SSSR count). The minimum atomic E-state index is -0.357. The van der Waals surface area contributed by atoms with E-state index in [4.69, 9.17) is 9.41 Å². The Labute approximate surface area is 125 Å². The van der Waals surface area contributed by atoms with E-state index >= 15 is 0 Å². The second-order valence-electron chi connectivity index (χ2n) is 2.20. The number of benzene rings is 1. The van der Waals surface area contributed by atoms with Gasteiger partial charge in [-0.05, 0) is 11.2 Å². The van der Waals surface area contributed by atoms with Crippen LogP contribution in [0.4, 0.5) is 4.39 Å². The van der Waals surface area contributed by atoms with Crippen molar-refractivity contribution in [2.75, 3.05) is 0 Å². The molecule has 0 radical (unpaired) electrons. The summed E-state index contributed by atoms with van der Waals surface area (Å²) >= 11 is 5.51. The summed E-state index contributed by atoms with van der Waals surface area (Å²) in [5.74, 6) is -0.357. The standard InChI is InChI=1S/C8H8FN3S.2ClH.O.V/c9-7-4-2-1-3-6(7)5-11-12-8(10)13;;;;/h1-5H,(H3,10,12,13);2*1H;;/p-1/b11-5-;;;;. The van der Waals surface area contributed by atoms with Crippen LogP contribution >= 0.6 is 24.8 Å². The van der Waals surface area contributed by atoms with E-state index in [9.17, 15) is 4.39 Å². The molecule has 0 saturated carbocycles. The predicted molar refractivity (Wildman–Crippen MR) is 68.2 cm³/mol. The third-order valence-corrected chi connectivity index (χ3v) is 1.34. The van der Waals surface area contributed by atoms with E-state index in [2.05, 4.69) is 22.8 Å². The van der Waals surface area contributed by atoms with Crippen molar-refractivity contribution in [2.45, 2.75) is 0 Å². The second-order valence-corrected chi connectivity index (χ2v) is 2.62. The molecule has 0 unspecified atom stereocenters. The second kappa shape index (κ2) is 13.5. The molecule has 0 amide bonds. The summed E-state index contributed by atoms with van der Waals surface area (Å²) in [5, 5.41) is 6.79. The van der Waals surface area contributed by atoms with Gasteiger partial charge in [0, 0.05) is 5.56 Å². The molecule has 0 saturated heterocycles. The van der Waals surface area contributed by atoms with Crippen LogP contribution in [0.2, 0.25) is 0 Å². The molecule has 17 heavy (non-hydrogen) atoms. The Morgan fingerprint density at radius 2 is 1.88 bits per heavy atom. The fourth-order valence-corrected chi connectivity index (χ4v) is 0.775. The van der Waals surface area contributed by atoms with Gasteiger partial charge in [0.1, 0.15) is 5.82 Å². The van der Waals surface area contributed by atoms with Crippen molar-refractivity contribution in [3.8, 4) is 0 Å². The van der Waals surface area contributed by atoms with E-state index in [0.717, 1.165) is 17.4 Å². The fourth-order valence-electron chi connectivity index (χ4n) is 0.728. The van der Waals surface area contributed by atoms with Crippen LogP contribution in [0.15, 0.2) is 34.5 Å². The topological polar surface area (TPSA) is 67.8 Å². The van der Waals surface area contributed by atoms with Crippen LogP contribution in [0.1, 0.15) is 5.56 Å². The number of hydrogen-bond donors (Lipinski definition) is 1. The third-order valence-electron chi connectivity index (χ3n) is 1.26. The van der Waals surface area contributed by atoms with E-state index < -0.39 is 0 Å². The molecule has 95 valence electrons. The van der Waals surface area contributed by atoms with E-state index in [-0.39, 0.29) is 35.8 Å². The fraction of sp³-hybridized carbons (Fsp3) is 0. The van der Waals surface area contributed by atoms with Gasteiger partial charge in [-0.15, -0.1) is 24.8 Å². The third kappa shape index (κ3) is 10.4. The first-order valence-corrected chi connectivity index (χ1v) is 4.64. The maximum absolute atomic E-state index is 12.9. The molecule has 0 aliphatic rings. The molecule has 0 spiro atoms. The summed E-state index contributed by atoms with van der Waals surface area (Å²) in [5.41, 5.74) is 5.40. The van der Waals surface area contributed by atoms with Gasteiger partial charge in [0.25, 0.3) is 0 Å². The Morgan fingerprint density at radius 1 is 1.35 bits per heavy atom. The molecule has 0 bridgehead atoms. The molecule has 0 fully saturated rings. The van der Waals surface area contributed by atoms with Crippen LogP contribution in [-0.2, 0) is 33.7 Å². The van der Waals surface area contributed by atoms with Crippen molar-refractivity contribution in [3.63, 3.8) is 0 Å². The Hall–Kier alpha value is -0.526. The molecule has 0 aliphatic carbocycles. The van der Waals surface area contributed by atoms with Gasteiger partial charge in [-0.25, -0.2) is 4.39 Å². The quantitative estimate of drug-likeness (QED) is 0.387. The molecular weight excluding hydrogens is 327 g/mol. The number of halogens is 3. The van der Waals surface area contributed by atoms with Gasteiger partial charge >= 0.3 is 21.0 Å². The molecule has 2 N–H and O–H groups in total. The van der Waals surface area contributed by atoms with Crippen molar-refractivity contribution < 1.29 is 25.4 Å². The molecule has 1 aromatic carbocycles. The van der Waals surface area contributed by atoms with Crippen molar-refractivity contribution >= 4 is 48.8 Å². The predicted octanol–water partition coefficient (Wildman–Crippen LogP) is 1.74. The Morgan fingerprint density at radius 3 is 2.35 bits per heavy atom. The summed E-state index contributed by atoms with van der Waals surface area (Å²) < 4.78 is 21.1. The first-order valence-electron chi connectivity index (χ1n) is 3.66. The zero-order valence-electron chi connectivity index (χ0n) is 8.32. The molecule has 9 heteroatoms. The van der Waals surface area contributed by atoms with Crippen molar-refractivity contribution in [1.82, 2.24) is 0 Å². The van der Waals surface area contributed by atoms with Gasteiger partial charge in [0.15, 0.2) is 0 Å². The number of rotatable bonds is 2. The van der Waals surface area contributed by atoms with Crippen LogP contribution in [0.3, 0.4) is 0 Å². The van der Waals surface area contributed by atoms with E-state index in [1.807, 2.05) is 0 Å². The van der Waals surface area contributed by atoms with Crippen LogP contribution in [0.5, 0.6) is 0 Å². The zero-order chi connectivity index (χ0) is 11.7. The molecule has 0 atom stereocenters. The van der Waals surface area contributed by atoms with Crippen LogP contribution in [0.25, 0.3) is 0 Å². The average Bonchev–Trinajstić information content (AvgIpc) is 2.23. The van der Waals surface area contributed by atoms with Gasteiger partial charge in [0.2, 0.25) is 0 Å². The summed E-state index contributed by atoms with van der Waals surface area (Å²) in [6, 6.07) is 6.21. The average molecular weight is 336 g/mol. The number of nitrogens with zero attached hydrogens (tertiary/aromatic N) is 2. The van der Waals surface area contributed by atoms with E-state index in [0.29, 0.717) is 5.56 Å². The minimum absolute atomic E-state index is 0. The van der Waals surface area contributed by atoms with E-state index in [1.54, 1.807) is 18.2 Å². The first kappa shape index (κ1) is 21.7. The summed E-state index contributed by atoms with van der Waals surface area (Å²) in [6.45, 7) is 0. The molecular formula is C8H9Cl2FN3OSV-. The van der Waals surface area contributed by atoms with Crippen molar-refractivity contribution in [3.05, 3.63) is 35.6 Å². The van der Waals surface area contributed by atoms with Gasteiger partial charge in [-0.2, -0.15) is 10.2 Å². The van der Waals surface area contributed by atoms with Gasteiger partial charge in [-0.3, -0.25) is 0 Å². The SMILES string of the molecule is Cl.Cl.N/C([S-])=N\N=C/c1ccccc1F.[O]=[V]. The van der Waals surface area contributed by atoms with Crippen molar-refractivity contribution in [2.24, 2.45) is 15.9 Å². The maximum atomic E-state index is 12.9. The summed E-state index contributed by atoms with van der Waals surface area (Å²) in [4.78, 5) is 0. The molecule has 0 aliphatic heterocycles. The summed E-state index contributed by atoms with van der Waals surface area (Å²) in [6.07, 6.45) is 1.26.